The van der Waals surface area contributed by atoms with Gasteiger partial charge in [0.05, 0.1) is 5.75 Å². The van der Waals surface area contributed by atoms with Crippen LogP contribution in [0.5, 0.6) is 0 Å². The van der Waals surface area contributed by atoms with E-state index in [2.05, 4.69) is 4.72 Å². The van der Waals surface area contributed by atoms with E-state index >= 15 is 0 Å². The van der Waals surface area contributed by atoms with E-state index < -0.39 is 10.0 Å². The lowest BCUT2D eigenvalue weighted by Crippen LogP contribution is -2.29. The van der Waals surface area contributed by atoms with Crippen LogP contribution in [0.2, 0.25) is 0 Å². The number of hydrogen-bond donors (Lipinski definition) is 2. The summed E-state index contributed by atoms with van der Waals surface area (Å²) in [6.45, 7) is 0.454. The Labute approximate surface area is 133 Å². The second-order valence-corrected chi connectivity index (χ2v) is 8.59. The van der Waals surface area contributed by atoms with E-state index in [1.54, 1.807) is 11.3 Å². The largest absolute Gasteiger partial charge is 0.399 e. The summed E-state index contributed by atoms with van der Waals surface area (Å²) in [5, 5.41) is 1.99. The van der Waals surface area contributed by atoms with Gasteiger partial charge >= 0.3 is 0 Å². The van der Waals surface area contributed by atoms with Gasteiger partial charge in [-0.05, 0) is 42.1 Å². The minimum atomic E-state index is -3.20. The molecule has 21 heavy (non-hydrogen) atoms. The van der Waals surface area contributed by atoms with E-state index in [-0.39, 0.29) is 5.75 Å². The highest BCUT2D eigenvalue weighted by atomic mass is 32.2. The van der Waals surface area contributed by atoms with Gasteiger partial charge in [0, 0.05) is 27.8 Å². The zero-order valence-corrected chi connectivity index (χ0v) is 13.9. The lowest BCUT2D eigenvalue weighted by Gasteiger charge is -2.06. The Morgan fingerprint density at radius 1 is 1.19 bits per heavy atom. The van der Waals surface area contributed by atoms with Crippen LogP contribution in [0.25, 0.3) is 0 Å². The fourth-order valence-corrected chi connectivity index (χ4v) is 4.73. The number of nitrogens with one attached hydrogen (secondary N) is 1. The zero-order valence-electron chi connectivity index (χ0n) is 11.5. The molecule has 0 atom stereocenters. The van der Waals surface area contributed by atoms with Crippen molar-refractivity contribution in [3.8, 4) is 0 Å². The lowest BCUT2D eigenvalue weighted by molar-refractivity contribution is 0.583. The first-order chi connectivity index (χ1) is 10.1. The molecular formula is C14H18N2O2S3. The third kappa shape index (κ3) is 6.09. The Morgan fingerprint density at radius 2 is 1.95 bits per heavy atom. The summed E-state index contributed by atoms with van der Waals surface area (Å²) in [5.41, 5.74) is 6.32. The molecule has 0 aliphatic carbocycles. The van der Waals surface area contributed by atoms with Gasteiger partial charge in [0.25, 0.3) is 0 Å². The minimum absolute atomic E-state index is 0.118. The van der Waals surface area contributed by atoms with E-state index in [9.17, 15) is 8.42 Å². The number of thioether (sulfide) groups is 1. The van der Waals surface area contributed by atoms with Crippen molar-refractivity contribution in [3.63, 3.8) is 0 Å². The number of rotatable bonds is 8. The SMILES string of the molecule is Nc1ccc(SCCS(=O)(=O)NCCc2cccs2)cc1. The van der Waals surface area contributed by atoms with Gasteiger partial charge in [-0.25, -0.2) is 13.1 Å². The smallest absolute Gasteiger partial charge is 0.212 e. The topological polar surface area (TPSA) is 72.2 Å². The molecule has 114 valence electrons. The standard InChI is InChI=1S/C14H18N2O2S3/c15-12-3-5-14(6-4-12)20-10-11-21(17,18)16-8-7-13-2-1-9-19-13/h1-6,9,16H,7-8,10-11,15H2. The summed E-state index contributed by atoms with van der Waals surface area (Å²) in [4.78, 5) is 2.21. The van der Waals surface area contributed by atoms with Crippen LogP contribution in [0, 0.1) is 0 Å². The van der Waals surface area contributed by atoms with Gasteiger partial charge < -0.3 is 5.73 Å². The van der Waals surface area contributed by atoms with Crippen molar-refractivity contribution >= 4 is 38.8 Å². The molecule has 4 nitrogen and oxygen atoms in total. The molecule has 0 saturated carbocycles. The van der Waals surface area contributed by atoms with Crippen LogP contribution in [0.4, 0.5) is 5.69 Å². The molecule has 0 fully saturated rings. The van der Waals surface area contributed by atoms with Crippen molar-refractivity contribution in [1.29, 1.82) is 0 Å². The molecule has 0 amide bonds. The molecule has 2 aromatic rings. The fraction of sp³-hybridized carbons (Fsp3) is 0.286. The third-order valence-corrected chi connectivity index (χ3v) is 6.37. The van der Waals surface area contributed by atoms with Crippen LogP contribution in [0.15, 0.2) is 46.7 Å². The molecule has 0 saturated heterocycles. The number of nitrogen functional groups attached to an aromatic ring is 1. The van der Waals surface area contributed by atoms with Gasteiger partial charge in [-0.3, -0.25) is 0 Å². The molecule has 0 spiro atoms. The molecule has 1 aromatic carbocycles. The molecule has 0 unspecified atom stereocenters. The molecule has 2 rings (SSSR count). The van der Waals surface area contributed by atoms with Gasteiger partial charge in [-0.2, -0.15) is 0 Å². The van der Waals surface area contributed by atoms with Gasteiger partial charge in [-0.15, -0.1) is 23.1 Å². The number of hydrogen-bond acceptors (Lipinski definition) is 5. The summed E-state index contributed by atoms with van der Waals surface area (Å²) < 4.78 is 26.4. The molecule has 0 bridgehead atoms. The summed E-state index contributed by atoms with van der Waals surface area (Å²) >= 11 is 3.16. The van der Waals surface area contributed by atoms with E-state index in [4.69, 9.17) is 5.73 Å². The maximum Gasteiger partial charge on any atom is 0.212 e. The van der Waals surface area contributed by atoms with Crippen LogP contribution in [-0.2, 0) is 16.4 Å². The van der Waals surface area contributed by atoms with Crippen molar-refractivity contribution in [2.24, 2.45) is 0 Å². The quantitative estimate of drug-likeness (QED) is 0.571. The van der Waals surface area contributed by atoms with Crippen molar-refractivity contribution in [2.45, 2.75) is 11.3 Å². The number of thiophene rings is 1. The fourth-order valence-electron chi connectivity index (χ4n) is 1.69. The Bertz CT molecular complexity index is 637. The number of sulfonamides is 1. The van der Waals surface area contributed by atoms with Gasteiger partial charge in [0.15, 0.2) is 0 Å². The van der Waals surface area contributed by atoms with Crippen LogP contribution < -0.4 is 10.5 Å². The first kappa shape index (κ1) is 16.4. The van der Waals surface area contributed by atoms with E-state index in [1.165, 1.54) is 16.6 Å². The first-order valence-electron chi connectivity index (χ1n) is 6.53. The van der Waals surface area contributed by atoms with Gasteiger partial charge in [-0.1, -0.05) is 6.07 Å². The predicted molar refractivity (Wildman–Crippen MR) is 91.4 cm³/mol. The van der Waals surface area contributed by atoms with Gasteiger partial charge in [0.2, 0.25) is 10.0 Å². The second-order valence-electron chi connectivity index (χ2n) is 4.46. The lowest BCUT2D eigenvalue weighted by atomic mass is 10.3. The molecule has 0 aliphatic rings. The van der Waals surface area contributed by atoms with Crippen LogP contribution in [0.1, 0.15) is 4.88 Å². The van der Waals surface area contributed by atoms with Crippen molar-refractivity contribution in [1.82, 2.24) is 4.72 Å². The first-order valence-corrected chi connectivity index (χ1v) is 10.0. The molecule has 1 aromatic heterocycles. The number of nitrogens with two attached hydrogens (primary N) is 1. The van der Waals surface area contributed by atoms with Crippen molar-refractivity contribution < 1.29 is 8.42 Å². The van der Waals surface area contributed by atoms with Crippen LogP contribution in [-0.4, -0.2) is 26.5 Å². The highest BCUT2D eigenvalue weighted by Gasteiger charge is 2.09. The normalized spacial score (nSPS) is 11.6. The molecule has 1 heterocycles. The van der Waals surface area contributed by atoms with Gasteiger partial charge in [0.1, 0.15) is 0 Å². The number of benzene rings is 1. The minimum Gasteiger partial charge on any atom is -0.399 e. The maximum atomic E-state index is 11.9. The van der Waals surface area contributed by atoms with E-state index in [0.717, 1.165) is 11.3 Å². The average molecular weight is 343 g/mol. The van der Waals surface area contributed by atoms with Crippen LogP contribution >= 0.6 is 23.1 Å². The van der Waals surface area contributed by atoms with Crippen LogP contribution in [0.3, 0.4) is 0 Å². The predicted octanol–water partition coefficient (Wildman–Crippen LogP) is 2.58. The number of anilines is 1. The van der Waals surface area contributed by atoms with Crippen molar-refractivity contribution in [2.75, 3.05) is 23.8 Å². The summed E-state index contributed by atoms with van der Waals surface area (Å²) in [6, 6.07) is 11.4. The maximum absolute atomic E-state index is 11.9. The summed E-state index contributed by atoms with van der Waals surface area (Å²) in [5.74, 6) is 0.644. The Kier molecular flexibility index (Phi) is 6.10. The Balaban J connectivity index is 1.69. The highest BCUT2D eigenvalue weighted by Crippen LogP contribution is 2.19. The zero-order chi connectivity index (χ0) is 15.1. The highest BCUT2D eigenvalue weighted by molar-refractivity contribution is 8.00. The second kappa shape index (κ2) is 7.84. The van der Waals surface area contributed by atoms with E-state index in [1.807, 2.05) is 41.8 Å². The molecular weight excluding hydrogens is 324 g/mol. The summed E-state index contributed by atoms with van der Waals surface area (Å²) in [7, 11) is -3.20. The molecule has 0 aliphatic heterocycles. The third-order valence-electron chi connectivity index (χ3n) is 2.77. The van der Waals surface area contributed by atoms with E-state index in [0.29, 0.717) is 18.0 Å². The van der Waals surface area contributed by atoms with Crippen molar-refractivity contribution in [3.05, 3.63) is 46.7 Å². The molecule has 7 heteroatoms. The average Bonchev–Trinajstić information content (AvgIpc) is 2.94. The summed E-state index contributed by atoms with van der Waals surface area (Å²) in [6.07, 6.45) is 0.738. The molecule has 3 N–H and O–H groups in total. The Hall–Kier alpha value is -1.02. The monoisotopic (exact) mass is 342 g/mol. The molecule has 0 radical (unpaired) electrons. The Morgan fingerprint density at radius 3 is 2.62 bits per heavy atom.